The normalized spacial score (nSPS) is 11.7. The third-order valence-electron chi connectivity index (χ3n) is 2.59. The number of unbranched alkanes of at least 4 members (excludes halogenated alkanes) is 1. The van der Waals surface area contributed by atoms with Gasteiger partial charge in [0.25, 0.3) is 0 Å². The van der Waals surface area contributed by atoms with Gasteiger partial charge in [-0.2, -0.15) is 0 Å². The maximum atomic E-state index is 11.6. The van der Waals surface area contributed by atoms with E-state index in [4.69, 9.17) is 5.64 Å². The first-order valence-electron chi connectivity index (χ1n) is 6.52. The van der Waals surface area contributed by atoms with Gasteiger partial charge in [-0.05, 0) is 25.8 Å². The Labute approximate surface area is 109 Å². The summed E-state index contributed by atoms with van der Waals surface area (Å²) in [6.45, 7) is 5.19. The van der Waals surface area contributed by atoms with Crippen molar-refractivity contribution in [2.75, 3.05) is 13.1 Å². The van der Waals surface area contributed by atoms with Crippen molar-refractivity contribution >= 4 is 19.5 Å². The molecule has 6 nitrogen and oxygen atoms in total. The number of nitrogens with one attached hydrogen (secondary N) is 2. The molecule has 0 fully saturated rings. The number of ketones is 1. The Hall–Kier alpha value is -1.08. The summed E-state index contributed by atoms with van der Waals surface area (Å²) in [4.78, 5) is 22.5. The molecule has 4 N–H and O–H groups in total. The Kier molecular flexibility index (Phi) is 10.4. The van der Waals surface area contributed by atoms with Crippen LogP contribution in [0.5, 0.6) is 0 Å². The van der Waals surface area contributed by atoms with Crippen LogP contribution in [0.3, 0.4) is 0 Å². The van der Waals surface area contributed by atoms with Crippen LogP contribution in [0.2, 0.25) is 0 Å². The van der Waals surface area contributed by atoms with E-state index in [9.17, 15) is 9.59 Å². The van der Waals surface area contributed by atoms with Gasteiger partial charge in [0.15, 0.2) is 0 Å². The van der Waals surface area contributed by atoms with Crippen LogP contribution in [0.1, 0.15) is 39.5 Å². The Balaban J connectivity index is 3.67. The van der Waals surface area contributed by atoms with E-state index >= 15 is 0 Å². The molecule has 0 radical (unpaired) electrons. The number of Topliss-reactive ketones (excluding diaryl/α,β-unsaturated/α-hetero) is 1. The molecule has 0 spiro atoms. The molecule has 104 valence electrons. The van der Waals surface area contributed by atoms with Crippen LogP contribution in [0.25, 0.3) is 0 Å². The van der Waals surface area contributed by atoms with Crippen molar-refractivity contribution in [2.45, 2.75) is 45.6 Å². The second-order valence-corrected chi connectivity index (χ2v) is 3.95. The summed E-state index contributed by atoms with van der Waals surface area (Å²) < 4.78 is 4.52. The summed E-state index contributed by atoms with van der Waals surface area (Å²) in [6, 6.07) is -0.0593. The molecule has 0 rings (SSSR count). The lowest BCUT2D eigenvalue weighted by Gasteiger charge is -2.15. The Morgan fingerprint density at radius 2 is 2.06 bits per heavy atom. The largest absolute Gasteiger partial charge is 0.507 e. The van der Waals surface area contributed by atoms with Crippen molar-refractivity contribution in [2.24, 2.45) is 5.64 Å². The quantitative estimate of drug-likeness (QED) is 0.380. The first kappa shape index (κ1) is 16.9. The van der Waals surface area contributed by atoms with Gasteiger partial charge in [0.1, 0.15) is 5.78 Å². The van der Waals surface area contributed by atoms with Crippen LogP contribution >= 0.6 is 0 Å². The van der Waals surface area contributed by atoms with Crippen LogP contribution in [-0.4, -0.2) is 38.6 Å². The summed E-state index contributed by atoms with van der Waals surface area (Å²) in [5, 5.41) is 5.76. The number of hydrogen-bond acceptors (Lipinski definition) is 5. The van der Waals surface area contributed by atoms with Gasteiger partial charge in [-0.25, -0.2) is 4.79 Å². The monoisotopic (exact) mass is 257 g/mol. The fraction of sp³-hybridized carbons (Fsp3) is 0.818. The van der Waals surface area contributed by atoms with Crippen LogP contribution < -0.4 is 16.3 Å². The number of nitrogens with two attached hydrogens (primary N) is 1. The van der Waals surface area contributed by atoms with E-state index in [0.29, 0.717) is 13.0 Å². The lowest BCUT2D eigenvalue weighted by Crippen LogP contribution is -2.36. The topological polar surface area (TPSA) is 93.4 Å². The van der Waals surface area contributed by atoms with E-state index in [1.807, 2.05) is 13.8 Å². The fourth-order valence-corrected chi connectivity index (χ4v) is 1.66. The highest BCUT2D eigenvalue weighted by molar-refractivity contribution is 6.25. The van der Waals surface area contributed by atoms with Crippen molar-refractivity contribution in [3.8, 4) is 0 Å². The van der Waals surface area contributed by atoms with Crippen molar-refractivity contribution in [3.63, 3.8) is 0 Å². The smallest absolute Gasteiger partial charge is 0.429 e. The molecule has 0 saturated carbocycles. The molecule has 0 saturated heterocycles. The number of rotatable bonds is 10. The van der Waals surface area contributed by atoms with Gasteiger partial charge in [0.2, 0.25) is 0 Å². The highest BCUT2D eigenvalue weighted by Gasteiger charge is 2.14. The van der Waals surface area contributed by atoms with Gasteiger partial charge in [-0.15, -0.1) is 0 Å². The summed E-state index contributed by atoms with van der Waals surface area (Å²) in [7, 11) is -0.112. The lowest BCUT2D eigenvalue weighted by molar-refractivity contribution is -0.120. The number of amides is 1. The standard InChI is InChI=1S/C11H24BN3O3/c1-3-10(16)9(14-4-2)7-5-6-8-15-11(17)18-12-13/h9,12,14H,3-8,13H2,1-2H3,(H,15,17). The minimum Gasteiger partial charge on any atom is -0.507 e. The summed E-state index contributed by atoms with van der Waals surface area (Å²) >= 11 is 0. The van der Waals surface area contributed by atoms with Crippen molar-refractivity contribution in [3.05, 3.63) is 0 Å². The molecule has 0 aromatic rings. The minimum atomic E-state index is -0.495. The highest BCUT2D eigenvalue weighted by atomic mass is 16.5. The van der Waals surface area contributed by atoms with Crippen molar-refractivity contribution in [1.29, 1.82) is 0 Å². The van der Waals surface area contributed by atoms with Crippen LogP contribution in [0, 0.1) is 0 Å². The number of carbonyl (C=O) groups is 2. The lowest BCUT2D eigenvalue weighted by atomic mass is 10.0. The average Bonchev–Trinajstić information content (AvgIpc) is 2.36. The second-order valence-electron chi connectivity index (χ2n) is 3.95. The Morgan fingerprint density at radius 1 is 1.33 bits per heavy atom. The Morgan fingerprint density at radius 3 is 2.61 bits per heavy atom. The molecule has 1 amide bonds. The third-order valence-corrected chi connectivity index (χ3v) is 2.59. The molecule has 0 heterocycles. The maximum Gasteiger partial charge on any atom is 0.429 e. The van der Waals surface area contributed by atoms with Crippen LogP contribution in [0.15, 0.2) is 0 Å². The van der Waals surface area contributed by atoms with Crippen LogP contribution in [-0.2, 0) is 9.45 Å². The molecule has 1 unspecified atom stereocenters. The van der Waals surface area contributed by atoms with Crippen molar-refractivity contribution < 1.29 is 14.2 Å². The molecule has 18 heavy (non-hydrogen) atoms. The van der Waals surface area contributed by atoms with Crippen LogP contribution in [0.4, 0.5) is 4.79 Å². The van der Waals surface area contributed by atoms with Crippen molar-refractivity contribution in [1.82, 2.24) is 10.6 Å². The van der Waals surface area contributed by atoms with E-state index in [2.05, 4.69) is 15.3 Å². The minimum absolute atomic E-state index is 0.0593. The summed E-state index contributed by atoms with van der Waals surface area (Å²) in [5.74, 6) is 0.243. The van der Waals surface area contributed by atoms with Gasteiger partial charge >= 0.3 is 13.7 Å². The fourth-order valence-electron chi connectivity index (χ4n) is 1.66. The number of carbonyl (C=O) groups excluding carboxylic acids is 2. The molecular weight excluding hydrogens is 233 g/mol. The molecule has 0 aromatic heterocycles. The first-order valence-corrected chi connectivity index (χ1v) is 6.52. The van der Waals surface area contributed by atoms with Gasteiger partial charge in [-0.1, -0.05) is 13.8 Å². The molecule has 0 bridgehead atoms. The van der Waals surface area contributed by atoms with E-state index in [0.717, 1.165) is 25.8 Å². The Bertz CT molecular complexity index is 252. The van der Waals surface area contributed by atoms with Gasteiger partial charge in [0.05, 0.1) is 6.04 Å². The zero-order valence-corrected chi connectivity index (χ0v) is 11.3. The summed E-state index contributed by atoms with van der Waals surface area (Å²) in [6.07, 6.45) is 2.56. The predicted molar refractivity (Wildman–Crippen MR) is 72.4 cm³/mol. The van der Waals surface area contributed by atoms with E-state index in [1.54, 1.807) is 0 Å². The second kappa shape index (κ2) is 11.0. The maximum absolute atomic E-state index is 11.6. The zero-order valence-electron chi connectivity index (χ0n) is 11.3. The molecule has 0 aliphatic heterocycles. The number of hydrogen-bond donors (Lipinski definition) is 3. The molecule has 0 aliphatic rings. The number of likely N-dealkylation sites (N-methyl/N-ethyl adjacent to an activating group) is 1. The highest BCUT2D eigenvalue weighted by Crippen LogP contribution is 2.03. The zero-order chi connectivity index (χ0) is 13.8. The predicted octanol–water partition coefficient (Wildman–Crippen LogP) is 0.0653. The molecular formula is C11H24BN3O3. The third kappa shape index (κ3) is 8.08. The average molecular weight is 257 g/mol. The van der Waals surface area contributed by atoms with E-state index in [1.165, 1.54) is 0 Å². The van der Waals surface area contributed by atoms with Gasteiger partial charge in [-0.3, -0.25) is 4.79 Å². The van der Waals surface area contributed by atoms with E-state index in [-0.39, 0.29) is 19.4 Å². The molecule has 0 aliphatic carbocycles. The summed E-state index contributed by atoms with van der Waals surface area (Å²) in [5.41, 5.74) is 5.05. The SMILES string of the molecule is CCNC(CCCCNC(=O)OBN)C(=O)CC. The van der Waals surface area contributed by atoms with Gasteiger partial charge < -0.3 is 20.9 Å². The van der Waals surface area contributed by atoms with Gasteiger partial charge in [0, 0.05) is 13.0 Å². The molecule has 0 aromatic carbocycles. The van der Waals surface area contributed by atoms with E-state index < -0.39 is 6.09 Å². The first-order chi connectivity index (χ1) is 8.65. The molecule has 1 atom stereocenters. The molecule has 7 heteroatoms.